The Kier molecular flexibility index (Phi) is 4.33. The average molecular weight is 377 g/mol. The number of aromatic nitrogens is 2. The number of benzene rings is 1. The first-order chi connectivity index (χ1) is 13.6. The molecule has 5 heteroatoms. The second-order valence-electron chi connectivity index (χ2n) is 8.92. The van der Waals surface area contributed by atoms with E-state index in [1.165, 1.54) is 18.5 Å². The van der Waals surface area contributed by atoms with Crippen molar-refractivity contribution in [2.45, 2.75) is 43.9 Å². The molecule has 2 aromatic rings. The Hall–Kier alpha value is -2.43. The van der Waals surface area contributed by atoms with Gasteiger partial charge in [-0.05, 0) is 43.1 Å². The Morgan fingerprint density at radius 1 is 1.07 bits per heavy atom. The molecule has 2 saturated heterocycles. The number of anilines is 1. The molecule has 3 fully saturated rings. The van der Waals surface area contributed by atoms with Crippen molar-refractivity contribution in [3.05, 3.63) is 54.0 Å². The number of likely N-dealkylation sites (tertiary alicyclic amines) is 1. The van der Waals surface area contributed by atoms with Crippen LogP contribution in [-0.4, -0.2) is 47.5 Å². The highest BCUT2D eigenvalue weighted by molar-refractivity contribution is 5.84. The highest BCUT2D eigenvalue weighted by atomic mass is 16.2. The van der Waals surface area contributed by atoms with Crippen LogP contribution in [0.15, 0.2) is 42.7 Å². The van der Waals surface area contributed by atoms with E-state index < -0.39 is 0 Å². The third kappa shape index (κ3) is 3.27. The largest absolute Gasteiger partial charge is 0.356 e. The highest BCUT2D eigenvalue weighted by Crippen LogP contribution is 2.46. The molecule has 28 heavy (non-hydrogen) atoms. The van der Waals surface area contributed by atoms with Crippen LogP contribution >= 0.6 is 0 Å². The SMILES string of the molecule is CN1CC2(CCN(c3cc(C4CC4)ncn3)CC2)C[C@@H](c2ccccc2)C1=O. The molecule has 1 aromatic carbocycles. The molecule has 5 nitrogen and oxygen atoms in total. The van der Waals surface area contributed by atoms with Gasteiger partial charge in [-0.15, -0.1) is 0 Å². The van der Waals surface area contributed by atoms with Crippen LogP contribution in [0, 0.1) is 5.41 Å². The second kappa shape index (κ2) is 6.87. The first kappa shape index (κ1) is 17.7. The quantitative estimate of drug-likeness (QED) is 0.821. The molecule has 0 bridgehead atoms. The third-order valence-electron chi connectivity index (χ3n) is 6.90. The van der Waals surface area contributed by atoms with E-state index in [2.05, 4.69) is 33.1 Å². The Morgan fingerprint density at radius 3 is 2.54 bits per heavy atom. The standard InChI is InChI=1S/C23H28N4O/c1-26-15-23(14-19(22(26)28)17-5-3-2-4-6-17)9-11-27(12-10-23)21-13-20(18-7-8-18)24-16-25-21/h2-6,13,16,18-19H,7-12,14-15H2,1H3/t19-/m0/s1. The van der Waals surface area contributed by atoms with Gasteiger partial charge < -0.3 is 9.80 Å². The van der Waals surface area contributed by atoms with Gasteiger partial charge in [0.05, 0.1) is 5.92 Å². The molecule has 1 aliphatic carbocycles. The third-order valence-corrected chi connectivity index (χ3v) is 6.90. The zero-order chi connectivity index (χ0) is 19.1. The van der Waals surface area contributed by atoms with Crippen molar-refractivity contribution in [1.82, 2.24) is 14.9 Å². The van der Waals surface area contributed by atoms with E-state index in [4.69, 9.17) is 0 Å². The maximum atomic E-state index is 12.8. The molecule has 5 rings (SSSR count). The first-order valence-electron chi connectivity index (χ1n) is 10.5. The molecule has 1 saturated carbocycles. The maximum absolute atomic E-state index is 12.8. The van der Waals surface area contributed by atoms with Crippen molar-refractivity contribution in [1.29, 1.82) is 0 Å². The molecule has 0 N–H and O–H groups in total. The number of nitrogens with zero attached hydrogens (tertiary/aromatic N) is 4. The zero-order valence-electron chi connectivity index (χ0n) is 16.6. The smallest absolute Gasteiger partial charge is 0.229 e. The highest BCUT2D eigenvalue weighted by Gasteiger charge is 2.45. The van der Waals surface area contributed by atoms with Crippen molar-refractivity contribution in [2.75, 3.05) is 31.6 Å². The van der Waals surface area contributed by atoms with E-state index in [0.29, 0.717) is 5.92 Å². The van der Waals surface area contributed by atoms with Crippen LogP contribution in [0.25, 0.3) is 0 Å². The molecule has 2 aliphatic heterocycles. The lowest BCUT2D eigenvalue weighted by Crippen LogP contribution is -2.53. The van der Waals surface area contributed by atoms with Gasteiger partial charge in [-0.3, -0.25) is 4.79 Å². The summed E-state index contributed by atoms with van der Waals surface area (Å²) >= 11 is 0. The number of hydrogen-bond acceptors (Lipinski definition) is 4. The number of hydrogen-bond donors (Lipinski definition) is 0. The molecule has 1 spiro atoms. The summed E-state index contributed by atoms with van der Waals surface area (Å²) in [4.78, 5) is 26.2. The van der Waals surface area contributed by atoms with Crippen LogP contribution in [0.1, 0.15) is 55.2 Å². The molecule has 3 heterocycles. The lowest BCUT2D eigenvalue weighted by atomic mass is 9.68. The molecular formula is C23H28N4O. The topological polar surface area (TPSA) is 49.3 Å². The summed E-state index contributed by atoms with van der Waals surface area (Å²) in [5.41, 5.74) is 2.58. The lowest BCUT2D eigenvalue weighted by Gasteiger charge is -2.49. The fourth-order valence-corrected chi connectivity index (χ4v) is 5.09. The summed E-state index contributed by atoms with van der Waals surface area (Å²) in [5, 5.41) is 0. The molecule has 0 unspecified atom stereocenters. The van der Waals surface area contributed by atoms with Crippen LogP contribution in [-0.2, 0) is 4.79 Å². The summed E-state index contributed by atoms with van der Waals surface area (Å²) in [6, 6.07) is 12.5. The summed E-state index contributed by atoms with van der Waals surface area (Å²) < 4.78 is 0. The maximum Gasteiger partial charge on any atom is 0.229 e. The van der Waals surface area contributed by atoms with Crippen LogP contribution < -0.4 is 4.90 Å². The van der Waals surface area contributed by atoms with Gasteiger partial charge in [-0.25, -0.2) is 9.97 Å². The van der Waals surface area contributed by atoms with Crippen LogP contribution in [0.5, 0.6) is 0 Å². The van der Waals surface area contributed by atoms with Crippen molar-refractivity contribution in [3.8, 4) is 0 Å². The van der Waals surface area contributed by atoms with E-state index in [1.807, 2.05) is 30.1 Å². The monoisotopic (exact) mass is 376 g/mol. The number of carbonyl (C=O) groups is 1. The van der Waals surface area contributed by atoms with E-state index in [-0.39, 0.29) is 17.2 Å². The number of piperidine rings is 2. The first-order valence-corrected chi connectivity index (χ1v) is 10.5. The number of likely N-dealkylation sites (N-methyl/N-ethyl adjacent to an activating group) is 1. The van der Waals surface area contributed by atoms with Crippen molar-refractivity contribution < 1.29 is 4.79 Å². The molecule has 3 aliphatic rings. The van der Waals surface area contributed by atoms with Crippen LogP contribution in [0.2, 0.25) is 0 Å². The van der Waals surface area contributed by atoms with Crippen LogP contribution in [0.3, 0.4) is 0 Å². The predicted molar refractivity (Wildman–Crippen MR) is 109 cm³/mol. The van der Waals surface area contributed by atoms with E-state index in [1.54, 1.807) is 6.33 Å². The lowest BCUT2D eigenvalue weighted by molar-refractivity contribution is -0.138. The summed E-state index contributed by atoms with van der Waals surface area (Å²) in [7, 11) is 1.97. The molecule has 0 radical (unpaired) electrons. The van der Waals surface area contributed by atoms with Gasteiger partial charge in [-0.2, -0.15) is 0 Å². The molecule has 146 valence electrons. The van der Waals surface area contributed by atoms with Crippen molar-refractivity contribution in [2.24, 2.45) is 5.41 Å². The average Bonchev–Trinajstić information content (AvgIpc) is 3.58. The van der Waals surface area contributed by atoms with E-state index in [9.17, 15) is 4.79 Å². The predicted octanol–water partition coefficient (Wildman–Crippen LogP) is 3.59. The number of amides is 1. The van der Waals surface area contributed by atoms with E-state index >= 15 is 0 Å². The number of carbonyl (C=O) groups excluding carboxylic acids is 1. The summed E-state index contributed by atoms with van der Waals surface area (Å²) in [6.45, 7) is 2.88. The molecule has 1 atom stereocenters. The van der Waals surface area contributed by atoms with Gasteiger partial charge in [0.15, 0.2) is 0 Å². The Bertz CT molecular complexity index is 856. The second-order valence-corrected chi connectivity index (χ2v) is 8.92. The van der Waals surface area contributed by atoms with Gasteiger partial charge in [0, 0.05) is 44.4 Å². The number of rotatable bonds is 3. The van der Waals surface area contributed by atoms with Gasteiger partial charge in [-0.1, -0.05) is 30.3 Å². The minimum atomic E-state index is -0.00739. The van der Waals surface area contributed by atoms with Gasteiger partial charge in [0.25, 0.3) is 0 Å². The molecular weight excluding hydrogens is 348 g/mol. The molecule has 1 aromatic heterocycles. The Morgan fingerprint density at radius 2 is 1.82 bits per heavy atom. The fourth-order valence-electron chi connectivity index (χ4n) is 5.09. The summed E-state index contributed by atoms with van der Waals surface area (Å²) in [5.74, 6) is 1.99. The fraction of sp³-hybridized carbons (Fsp3) is 0.522. The van der Waals surface area contributed by atoms with Crippen molar-refractivity contribution in [3.63, 3.8) is 0 Å². The zero-order valence-corrected chi connectivity index (χ0v) is 16.6. The summed E-state index contributed by atoms with van der Waals surface area (Å²) in [6.07, 6.45) is 7.44. The molecule has 1 amide bonds. The van der Waals surface area contributed by atoms with Crippen LogP contribution in [0.4, 0.5) is 5.82 Å². The van der Waals surface area contributed by atoms with Crippen molar-refractivity contribution >= 4 is 11.7 Å². The van der Waals surface area contributed by atoms with Gasteiger partial charge >= 0.3 is 0 Å². The Balaban J connectivity index is 1.32. The minimum absolute atomic E-state index is 0.00739. The van der Waals surface area contributed by atoms with Gasteiger partial charge in [0.1, 0.15) is 12.1 Å². The minimum Gasteiger partial charge on any atom is -0.356 e. The normalized spacial score (nSPS) is 24.6. The van der Waals surface area contributed by atoms with E-state index in [0.717, 1.165) is 50.3 Å². The Labute approximate surface area is 166 Å². The van der Waals surface area contributed by atoms with Gasteiger partial charge in [0.2, 0.25) is 5.91 Å².